The van der Waals surface area contributed by atoms with Crippen molar-refractivity contribution in [1.29, 1.82) is 0 Å². The molecule has 3 rings (SSSR count). The Kier molecular flexibility index (Phi) is 5.28. The lowest BCUT2D eigenvalue weighted by molar-refractivity contribution is 0.0277. The van der Waals surface area contributed by atoms with Crippen molar-refractivity contribution in [3.05, 3.63) is 63.4 Å². The number of morpholine rings is 1. The summed E-state index contributed by atoms with van der Waals surface area (Å²) in [4.78, 5) is 16.2. The van der Waals surface area contributed by atoms with Crippen LogP contribution in [0.2, 0.25) is 10.3 Å². The van der Waals surface area contributed by atoms with Crippen LogP contribution in [0.4, 0.5) is 0 Å². The SMILES string of the molecule is O=C(Cc1ccc([C@H]2CNCCO2)cc1)c1cc(Cl)nc(Cl)c1. The highest BCUT2D eigenvalue weighted by atomic mass is 35.5. The van der Waals surface area contributed by atoms with Crippen LogP contribution >= 0.6 is 23.2 Å². The zero-order valence-electron chi connectivity index (χ0n) is 12.4. The van der Waals surface area contributed by atoms with Crippen LogP contribution in [0.3, 0.4) is 0 Å². The summed E-state index contributed by atoms with van der Waals surface area (Å²) in [6, 6.07) is 11.0. The van der Waals surface area contributed by atoms with Crippen LogP contribution in [0.5, 0.6) is 0 Å². The molecule has 1 aromatic heterocycles. The monoisotopic (exact) mass is 350 g/mol. The second kappa shape index (κ2) is 7.41. The van der Waals surface area contributed by atoms with E-state index >= 15 is 0 Å². The van der Waals surface area contributed by atoms with Crippen LogP contribution in [0.25, 0.3) is 0 Å². The fraction of sp³-hybridized carbons (Fsp3) is 0.294. The number of ketones is 1. The van der Waals surface area contributed by atoms with Gasteiger partial charge in [0.15, 0.2) is 5.78 Å². The molecule has 0 amide bonds. The first-order valence-corrected chi connectivity index (χ1v) is 8.15. The van der Waals surface area contributed by atoms with E-state index in [2.05, 4.69) is 10.3 Å². The molecule has 0 radical (unpaired) electrons. The van der Waals surface area contributed by atoms with Gasteiger partial charge in [-0.05, 0) is 23.3 Å². The largest absolute Gasteiger partial charge is 0.371 e. The number of ether oxygens (including phenoxy) is 1. The summed E-state index contributed by atoms with van der Waals surface area (Å²) in [5.41, 5.74) is 2.52. The average molecular weight is 351 g/mol. The average Bonchev–Trinajstić information content (AvgIpc) is 2.55. The smallest absolute Gasteiger partial charge is 0.167 e. The molecule has 0 spiro atoms. The van der Waals surface area contributed by atoms with Gasteiger partial charge >= 0.3 is 0 Å². The maximum atomic E-state index is 12.3. The number of carbonyl (C=O) groups excluding carboxylic acids is 1. The first-order valence-electron chi connectivity index (χ1n) is 7.39. The summed E-state index contributed by atoms with van der Waals surface area (Å²) in [5.74, 6) is -0.0421. The van der Waals surface area contributed by atoms with Crippen molar-refractivity contribution in [3.63, 3.8) is 0 Å². The predicted molar refractivity (Wildman–Crippen MR) is 90.3 cm³/mol. The lowest BCUT2D eigenvalue weighted by Crippen LogP contribution is -2.33. The molecule has 23 heavy (non-hydrogen) atoms. The number of Topliss-reactive ketones (excluding diaryl/α,β-unsaturated/α-hetero) is 1. The molecule has 2 aromatic rings. The zero-order valence-corrected chi connectivity index (χ0v) is 13.9. The van der Waals surface area contributed by atoms with Crippen LogP contribution in [-0.4, -0.2) is 30.5 Å². The van der Waals surface area contributed by atoms with Crippen LogP contribution < -0.4 is 5.32 Å². The second-order valence-electron chi connectivity index (χ2n) is 5.41. The molecule has 0 saturated carbocycles. The van der Waals surface area contributed by atoms with E-state index in [1.54, 1.807) is 0 Å². The maximum absolute atomic E-state index is 12.3. The highest BCUT2D eigenvalue weighted by molar-refractivity contribution is 6.33. The summed E-state index contributed by atoms with van der Waals surface area (Å²) in [5, 5.41) is 3.74. The minimum Gasteiger partial charge on any atom is -0.371 e. The minimum atomic E-state index is -0.0421. The molecule has 0 aliphatic carbocycles. The molecule has 4 nitrogen and oxygen atoms in total. The third-order valence-corrected chi connectivity index (χ3v) is 4.12. The standard InChI is InChI=1S/C17H16Cl2N2O2/c18-16-8-13(9-17(19)21-16)14(22)7-11-1-3-12(4-2-11)15-10-20-5-6-23-15/h1-4,8-9,15,20H,5-7,10H2/t15-/m1/s1. The van der Waals surface area contributed by atoms with Gasteiger partial charge in [0.2, 0.25) is 0 Å². The molecule has 1 fully saturated rings. The van der Waals surface area contributed by atoms with Crippen molar-refractivity contribution < 1.29 is 9.53 Å². The lowest BCUT2D eigenvalue weighted by atomic mass is 10.0. The highest BCUT2D eigenvalue weighted by Crippen LogP contribution is 2.20. The summed E-state index contributed by atoms with van der Waals surface area (Å²) < 4.78 is 5.71. The van der Waals surface area contributed by atoms with Gasteiger partial charge in [-0.15, -0.1) is 0 Å². The van der Waals surface area contributed by atoms with Gasteiger partial charge in [0.05, 0.1) is 12.7 Å². The van der Waals surface area contributed by atoms with Gasteiger partial charge in [-0.1, -0.05) is 47.5 Å². The molecule has 1 aromatic carbocycles. The van der Waals surface area contributed by atoms with Crippen molar-refractivity contribution in [2.24, 2.45) is 0 Å². The van der Waals surface area contributed by atoms with Gasteiger partial charge in [-0.25, -0.2) is 4.98 Å². The summed E-state index contributed by atoms with van der Waals surface area (Å²) in [6.45, 7) is 2.42. The molecule has 0 bridgehead atoms. The van der Waals surface area contributed by atoms with Crippen molar-refractivity contribution >= 4 is 29.0 Å². The van der Waals surface area contributed by atoms with Gasteiger partial charge in [0, 0.05) is 25.1 Å². The lowest BCUT2D eigenvalue weighted by Gasteiger charge is -2.24. The fourth-order valence-corrected chi connectivity index (χ4v) is 3.00. The Bertz CT molecular complexity index is 678. The van der Waals surface area contributed by atoms with Gasteiger partial charge in [-0.2, -0.15) is 0 Å². The number of nitrogens with zero attached hydrogens (tertiary/aromatic N) is 1. The summed E-state index contributed by atoms with van der Waals surface area (Å²) >= 11 is 11.7. The fourth-order valence-electron chi connectivity index (χ4n) is 2.54. The van der Waals surface area contributed by atoms with E-state index in [4.69, 9.17) is 27.9 Å². The number of halogens is 2. The number of carbonyl (C=O) groups is 1. The number of nitrogens with one attached hydrogen (secondary N) is 1. The Morgan fingerprint density at radius 2 is 1.91 bits per heavy atom. The van der Waals surface area contributed by atoms with E-state index in [1.807, 2.05) is 24.3 Å². The van der Waals surface area contributed by atoms with E-state index < -0.39 is 0 Å². The molecular formula is C17H16Cl2N2O2. The number of aromatic nitrogens is 1. The number of hydrogen-bond acceptors (Lipinski definition) is 4. The quantitative estimate of drug-likeness (QED) is 0.677. The van der Waals surface area contributed by atoms with E-state index in [-0.39, 0.29) is 22.2 Å². The van der Waals surface area contributed by atoms with Gasteiger partial charge < -0.3 is 10.1 Å². The summed E-state index contributed by atoms with van der Waals surface area (Å²) in [7, 11) is 0. The van der Waals surface area contributed by atoms with E-state index in [0.717, 1.165) is 24.2 Å². The van der Waals surface area contributed by atoms with Crippen molar-refractivity contribution in [2.75, 3.05) is 19.7 Å². The molecule has 1 aliphatic rings. The van der Waals surface area contributed by atoms with Crippen LogP contribution in [0, 0.1) is 0 Å². The first kappa shape index (κ1) is 16.4. The topological polar surface area (TPSA) is 51.2 Å². The third kappa shape index (κ3) is 4.30. The second-order valence-corrected chi connectivity index (χ2v) is 6.18. The first-order chi connectivity index (χ1) is 11.1. The predicted octanol–water partition coefficient (Wildman–Crippen LogP) is 3.47. The maximum Gasteiger partial charge on any atom is 0.167 e. The normalized spacial score (nSPS) is 17.9. The Labute approximate surface area is 144 Å². The van der Waals surface area contributed by atoms with Crippen molar-refractivity contribution in [1.82, 2.24) is 10.3 Å². The van der Waals surface area contributed by atoms with Gasteiger partial charge in [0.1, 0.15) is 10.3 Å². The third-order valence-electron chi connectivity index (χ3n) is 3.73. The molecular weight excluding hydrogens is 335 g/mol. The summed E-state index contributed by atoms with van der Waals surface area (Å²) in [6.07, 6.45) is 0.368. The number of benzene rings is 1. The molecule has 0 unspecified atom stereocenters. The minimum absolute atomic E-state index is 0.0421. The Hall–Kier alpha value is -1.46. The molecule has 1 N–H and O–H groups in total. The molecule has 6 heteroatoms. The zero-order chi connectivity index (χ0) is 16.2. The van der Waals surface area contributed by atoms with Crippen molar-refractivity contribution in [3.8, 4) is 0 Å². The highest BCUT2D eigenvalue weighted by Gasteiger charge is 2.16. The van der Waals surface area contributed by atoms with E-state index in [0.29, 0.717) is 18.6 Å². The van der Waals surface area contributed by atoms with Crippen molar-refractivity contribution in [2.45, 2.75) is 12.5 Å². The molecule has 1 atom stereocenters. The van der Waals surface area contributed by atoms with Gasteiger partial charge in [0.25, 0.3) is 0 Å². The number of rotatable bonds is 4. The molecule has 1 aliphatic heterocycles. The van der Waals surface area contributed by atoms with E-state index in [1.165, 1.54) is 12.1 Å². The van der Waals surface area contributed by atoms with Gasteiger partial charge in [-0.3, -0.25) is 4.79 Å². The number of hydrogen-bond donors (Lipinski definition) is 1. The van der Waals surface area contributed by atoms with Crippen LogP contribution in [-0.2, 0) is 11.2 Å². The van der Waals surface area contributed by atoms with Crippen LogP contribution in [0.15, 0.2) is 36.4 Å². The molecule has 1 saturated heterocycles. The Morgan fingerprint density at radius 3 is 2.52 bits per heavy atom. The molecule has 2 heterocycles. The number of pyridine rings is 1. The Balaban J connectivity index is 1.68. The van der Waals surface area contributed by atoms with Crippen LogP contribution in [0.1, 0.15) is 27.6 Å². The molecule has 120 valence electrons. The Morgan fingerprint density at radius 1 is 1.22 bits per heavy atom. The van der Waals surface area contributed by atoms with E-state index in [9.17, 15) is 4.79 Å².